The Labute approximate surface area is 76.9 Å². The second-order valence-corrected chi connectivity index (χ2v) is 6.85. The largest absolute Gasteiger partial charge is 0.480 e. The molecule has 0 spiro atoms. The summed E-state index contributed by atoms with van der Waals surface area (Å²) >= 11 is 0. The normalized spacial score (nSPS) is 29.7. The van der Waals surface area contributed by atoms with Gasteiger partial charge in [-0.3, -0.25) is 4.79 Å². The van der Waals surface area contributed by atoms with E-state index in [0.717, 1.165) is 12.8 Å². The Kier molecular flexibility index (Phi) is 3.46. The van der Waals surface area contributed by atoms with Gasteiger partial charge in [-0.15, -0.1) is 0 Å². The van der Waals surface area contributed by atoms with Gasteiger partial charge in [0.05, 0.1) is 4.58 Å². The number of nitrogens with two attached hydrogens (primary N) is 1. The second-order valence-electron chi connectivity index (χ2n) is 2.74. The summed E-state index contributed by atoms with van der Waals surface area (Å²) in [6.45, 7) is 0. The minimum atomic E-state index is -0.940. The molecule has 1 heterocycles. The molecule has 0 aliphatic carbocycles. The van der Waals surface area contributed by atoms with Crippen molar-refractivity contribution in [1.29, 1.82) is 4.61 Å². The number of hydrogen-bond donors (Lipinski definition) is 3. The van der Waals surface area contributed by atoms with Crippen molar-refractivity contribution in [1.82, 2.24) is 0 Å². The van der Waals surface area contributed by atoms with Crippen LogP contribution in [0.3, 0.4) is 0 Å². The van der Waals surface area contributed by atoms with Crippen LogP contribution in [0.15, 0.2) is 0 Å². The molecular weight excluding hydrogens is 196 g/mol. The average molecular weight is 208 g/mol. The molecule has 0 aromatic heterocycles. The van der Waals surface area contributed by atoms with Crippen molar-refractivity contribution in [3.8, 4) is 0 Å². The lowest BCUT2D eigenvalue weighted by atomic mass is 10.1. The number of carbonyl (C=O) groups is 1. The molecule has 0 bridgehead atoms. The maximum atomic E-state index is 10.3. The lowest BCUT2D eigenvalue weighted by Gasteiger charge is -2.03. The van der Waals surface area contributed by atoms with Crippen LogP contribution >= 0.6 is 20.3 Å². The topological polar surface area (TPSA) is 87.1 Å². The third kappa shape index (κ3) is 3.06. The van der Waals surface area contributed by atoms with E-state index in [-0.39, 0.29) is 0 Å². The average Bonchev–Trinajstić information content (AvgIpc) is 2.66. The molecule has 4 nitrogen and oxygen atoms in total. The fraction of sp³-hybridized carbons (Fsp3) is 0.833. The summed E-state index contributed by atoms with van der Waals surface area (Å²) in [5, 5.41) is 8.44. The highest BCUT2D eigenvalue weighted by molar-refractivity contribution is 8.94. The van der Waals surface area contributed by atoms with E-state index in [1.54, 1.807) is 10.8 Å². The van der Waals surface area contributed by atoms with Crippen LogP contribution in [0.25, 0.3) is 0 Å². The Balaban J connectivity index is 2.03. The van der Waals surface area contributed by atoms with E-state index in [0.29, 0.717) is 11.0 Å². The molecule has 3 N–H and O–H groups in total. The van der Waals surface area contributed by atoms with Crippen molar-refractivity contribution in [2.75, 3.05) is 0 Å². The van der Waals surface area contributed by atoms with Gasteiger partial charge in [0.2, 0.25) is 0 Å². The van der Waals surface area contributed by atoms with Gasteiger partial charge in [-0.25, -0.2) is 4.61 Å². The van der Waals surface area contributed by atoms with E-state index in [2.05, 4.69) is 0 Å². The Morgan fingerprint density at radius 3 is 2.83 bits per heavy atom. The van der Waals surface area contributed by atoms with Crippen molar-refractivity contribution in [2.45, 2.75) is 29.9 Å². The fourth-order valence-corrected chi connectivity index (χ4v) is 3.36. The first-order valence-corrected chi connectivity index (χ1v) is 6.59. The van der Waals surface area contributed by atoms with Crippen molar-refractivity contribution >= 4 is 26.3 Å². The highest BCUT2D eigenvalue weighted by atomic mass is 33.2. The van der Waals surface area contributed by atoms with E-state index in [4.69, 9.17) is 15.4 Å². The highest BCUT2D eigenvalue weighted by Crippen LogP contribution is 2.59. The van der Waals surface area contributed by atoms with Crippen LogP contribution < -0.4 is 5.73 Å². The van der Waals surface area contributed by atoms with E-state index >= 15 is 0 Å². The van der Waals surface area contributed by atoms with Crippen LogP contribution in [0.5, 0.6) is 0 Å². The summed E-state index contributed by atoms with van der Waals surface area (Å²) in [6, 6.07) is -0.737. The first-order valence-electron chi connectivity index (χ1n) is 3.74. The molecule has 1 aliphatic heterocycles. The molecule has 0 aromatic carbocycles. The summed E-state index contributed by atoms with van der Waals surface area (Å²) in [6.07, 6.45) is 2.20. The van der Waals surface area contributed by atoms with Gasteiger partial charge in [0.15, 0.2) is 0 Å². The van der Waals surface area contributed by atoms with E-state index in [1.165, 1.54) is 0 Å². The summed E-state index contributed by atoms with van der Waals surface area (Å²) < 4.78 is 9.37. The SMILES string of the molecule is N#[SH]1SC1CCCC(N)C(=O)O. The fourth-order valence-electron chi connectivity index (χ4n) is 0.896. The zero-order valence-corrected chi connectivity index (χ0v) is 8.22. The lowest BCUT2D eigenvalue weighted by Crippen LogP contribution is -2.29. The quantitative estimate of drug-likeness (QED) is 0.357. The molecule has 1 aliphatic rings. The molecule has 1 fully saturated rings. The van der Waals surface area contributed by atoms with Crippen molar-refractivity contribution in [3.63, 3.8) is 0 Å². The third-order valence-corrected chi connectivity index (χ3v) is 5.16. The second kappa shape index (κ2) is 4.18. The molecule has 1 rings (SSSR count). The first-order chi connectivity index (χ1) is 5.61. The molecule has 1 saturated heterocycles. The zero-order chi connectivity index (χ0) is 9.14. The number of nitrogens with zero attached hydrogens (tertiary/aromatic N) is 1. The summed E-state index contributed by atoms with van der Waals surface area (Å²) in [7, 11) is 0.832. The van der Waals surface area contributed by atoms with E-state index in [1.807, 2.05) is 0 Å². The molecule has 0 saturated carbocycles. The molecule has 3 atom stereocenters. The number of carboxylic acids is 1. The van der Waals surface area contributed by atoms with Gasteiger partial charge < -0.3 is 10.8 Å². The van der Waals surface area contributed by atoms with Gasteiger partial charge in [0.1, 0.15) is 6.04 Å². The summed E-state index contributed by atoms with van der Waals surface area (Å²) in [5.74, 6) is -0.940. The molecule has 0 radical (unpaired) electrons. The van der Waals surface area contributed by atoms with Gasteiger partial charge in [-0.2, -0.15) is 0 Å². The predicted octanol–water partition coefficient (Wildman–Crippen LogP) is 1.04. The predicted molar refractivity (Wildman–Crippen MR) is 51.6 cm³/mol. The van der Waals surface area contributed by atoms with Gasteiger partial charge in [0.25, 0.3) is 0 Å². The van der Waals surface area contributed by atoms with Crippen molar-refractivity contribution in [2.24, 2.45) is 5.73 Å². The van der Waals surface area contributed by atoms with Crippen LogP contribution in [0.1, 0.15) is 19.3 Å². The molecule has 3 unspecified atom stereocenters. The third-order valence-electron chi connectivity index (χ3n) is 1.71. The number of thiol groups is 1. The van der Waals surface area contributed by atoms with Crippen LogP contribution in [0.4, 0.5) is 0 Å². The molecule has 0 aromatic rings. The first kappa shape index (κ1) is 9.92. The van der Waals surface area contributed by atoms with Gasteiger partial charge >= 0.3 is 5.97 Å². The van der Waals surface area contributed by atoms with Gasteiger partial charge in [-0.05, 0) is 28.8 Å². The summed E-state index contributed by atoms with van der Waals surface area (Å²) in [4.78, 5) is 10.3. The lowest BCUT2D eigenvalue weighted by molar-refractivity contribution is -0.138. The van der Waals surface area contributed by atoms with Gasteiger partial charge in [0, 0.05) is 0 Å². The Morgan fingerprint density at radius 1 is 1.83 bits per heavy atom. The Bertz CT molecular complexity index is 248. The molecule has 70 valence electrons. The zero-order valence-electron chi connectivity index (χ0n) is 6.51. The van der Waals surface area contributed by atoms with Gasteiger partial charge in [-0.1, -0.05) is 10.8 Å². The van der Waals surface area contributed by atoms with Crippen molar-refractivity contribution in [3.05, 3.63) is 0 Å². The molecule has 6 heteroatoms. The molecule has 12 heavy (non-hydrogen) atoms. The van der Waals surface area contributed by atoms with Crippen LogP contribution in [0.2, 0.25) is 0 Å². The maximum Gasteiger partial charge on any atom is 0.320 e. The number of carboxylic acid groups (broad SMARTS) is 1. The van der Waals surface area contributed by atoms with Crippen LogP contribution in [-0.2, 0) is 4.79 Å². The minimum absolute atomic E-state index is 0.390. The highest BCUT2D eigenvalue weighted by Gasteiger charge is 2.28. The van der Waals surface area contributed by atoms with Crippen molar-refractivity contribution < 1.29 is 9.90 Å². The monoisotopic (exact) mass is 208 g/mol. The maximum absolute atomic E-state index is 10.3. The Hall–Kier alpha value is -0.160. The van der Waals surface area contributed by atoms with E-state index in [9.17, 15) is 4.79 Å². The Morgan fingerprint density at radius 2 is 2.42 bits per heavy atom. The smallest absolute Gasteiger partial charge is 0.320 e. The van der Waals surface area contributed by atoms with E-state index < -0.39 is 21.6 Å². The minimum Gasteiger partial charge on any atom is -0.480 e. The standard InChI is InChI=1S/C6H12N2O2S2/c7-4(6(9)10)2-1-3-5-11-12(5)8/h4-5,12H,1-3,7H2,(H,9,10). The number of rotatable bonds is 5. The van der Waals surface area contributed by atoms with Crippen LogP contribution in [-0.4, -0.2) is 21.7 Å². The molecule has 0 amide bonds. The number of hydrogen-bond acceptors (Lipinski definition) is 4. The summed E-state index contributed by atoms with van der Waals surface area (Å²) in [5.41, 5.74) is 5.29. The van der Waals surface area contributed by atoms with Crippen LogP contribution in [0, 0.1) is 4.61 Å². The molecular formula is C6H12N2O2S2. The number of aliphatic carboxylic acids is 1.